The Hall–Kier alpha value is -0.920. The molecule has 62 valence electrons. The van der Waals surface area contributed by atoms with E-state index in [1.54, 1.807) is 6.08 Å². The van der Waals surface area contributed by atoms with Crippen molar-refractivity contribution < 1.29 is 4.39 Å². The minimum atomic E-state index is -0.898. The van der Waals surface area contributed by atoms with Gasteiger partial charge >= 0.3 is 0 Å². The van der Waals surface area contributed by atoms with Crippen LogP contribution in [-0.4, -0.2) is 5.97 Å². The van der Waals surface area contributed by atoms with E-state index in [-0.39, 0.29) is 0 Å². The molecule has 0 unspecified atom stereocenters. The lowest BCUT2D eigenvalue weighted by atomic mass is 10.0. The average molecular weight is 155 g/mol. The van der Waals surface area contributed by atoms with E-state index in [0.29, 0.717) is 5.92 Å². The summed E-state index contributed by atoms with van der Waals surface area (Å²) in [6.07, 6.45) is 4.71. The maximum atomic E-state index is 11.9. The molecule has 0 aliphatic heterocycles. The third-order valence-corrected chi connectivity index (χ3v) is 1.42. The summed E-state index contributed by atoms with van der Waals surface area (Å²) in [5.41, 5.74) is 1.05. The molecule has 0 aromatic carbocycles. The van der Waals surface area contributed by atoms with Gasteiger partial charge in [0.2, 0.25) is 5.97 Å². The monoisotopic (exact) mass is 155 g/mol. The first-order valence-corrected chi connectivity index (χ1v) is 3.66. The molecular weight excluding hydrogens is 141 g/mol. The first-order chi connectivity index (χ1) is 5.07. The Morgan fingerprint density at radius 3 is 2.18 bits per heavy atom. The van der Waals surface area contributed by atoms with Crippen LogP contribution in [0, 0.1) is 11.3 Å². The normalized spacial score (nSPS) is 13.0. The van der Waals surface area contributed by atoms with Crippen LogP contribution in [0.3, 0.4) is 0 Å². The summed E-state index contributed by atoms with van der Waals surface area (Å²) < 4.78 is 11.9. The molecule has 2 heteroatoms. The highest BCUT2D eigenvalue weighted by molar-refractivity contribution is 5.83. The van der Waals surface area contributed by atoms with E-state index in [2.05, 4.69) is 0 Å². The molecule has 0 aliphatic rings. The maximum absolute atomic E-state index is 11.9. The lowest BCUT2D eigenvalue weighted by Gasteiger charge is -2.03. The largest absolute Gasteiger partial charge is 0.274 e. The molecule has 0 aromatic heterocycles. The van der Waals surface area contributed by atoms with E-state index in [4.69, 9.17) is 5.41 Å². The summed E-state index contributed by atoms with van der Waals surface area (Å²) in [6, 6.07) is 0. The van der Waals surface area contributed by atoms with Crippen molar-refractivity contribution >= 4 is 5.97 Å². The average Bonchev–Trinajstić information content (AvgIpc) is 1.87. The smallest absolute Gasteiger partial charge is 0.205 e. The number of hydrogen-bond acceptors (Lipinski definition) is 1. The highest BCUT2D eigenvalue weighted by atomic mass is 19.1. The van der Waals surface area contributed by atoms with Gasteiger partial charge in [0.05, 0.1) is 0 Å². The lowest BCUT2D eigenvalue weighted by Crippen LogP contribution is -1.90. The van der Waals surface area contributed by atoms with Crippen molar-refractivity contribution in [3.63, 3.8) is 0 Å². The molecule has 0 atom stereocenters. The van der Waals surface area contributed by atoms with Gasteiger partial charge < -0.3 is 0 Å². The van der Waals surface area contributed by atoms with Gasteiger partial charge in [0.1, 0.15) is 0 Å². The minimum absolute atomic E-state index is 0.385. The first-order valence-electron chi connectivity index (χ1n) is 3.66. The highest BCUT2D eigenvalue weighted by Gasteiger charge is 1.96. The fourth-order valence-electron chi connectivity index (χ4n) is 0.791. The van der Waals surface area contributed by atoms with Gasteiger partial charge in [-0.25, -0.2) is 0 Å². The molecule has 0 saturated carbocycles. The Morgan fingerprint density at radius 1 is 1.36 bits per heavy atom. The Kier molecular flexibility index (Phi) is 4.42. The van der Waals surface area contributed by atoms with Crippen LogP contribution in [0.15, 0.2) is 23.8 Å². The van der Waals surface area contributed by atoms with Gasteiger partial charge in [-0.15, -0.1) is 0 Å². The number of hydrogen-bond donors (Lipinski definition) is 1. The predicted molar refractivity (Wildman–Crippen MR) is 46.6 cm³/mol. The van der Waals surface area contributed by atoms with Crippen LogP contribution in [0.2, 0.25) is 0 Å². The summed E-state index contributed by atoms with van der Waals surface area (Å²) in [5, 5.41) is 6.52. The van der Waals surface area contributed by atoms with Crippen molar-refractivity contribution in [2.24, 2.45) is 5.92 Å². The Labute approximate surface area is 67.1 Å². The molecule has 0 saturated heterocycles. The molecule has 0 spiro atoms. The zero-order chi connectivity index (χ0) is 8.85. The predicted octanol–water partition coefficient (Wildman–Crippen LogP) is 3.09. The molecule has 0 bridgehead atoms. The number of allylic oxidation sites excluding steroid dienone is 4. The molecule has 0 fully saturated rings. The van der Waals surface area contributed by atoms with Crippen molar-refractivity contribution in [3.05, 3.63) is 23.8 Å². The standard InChI is InChI=1S/C9H14FN/c1-4-8(7(2)3)5-6-9(10)11/h4-7,11H,1-3H3/b6-5-,8-4+,11-9?. The molecule has 0 amide bonds. The van der Waals surface area contributed by atoms with Crippen LogP contribution in [0.1, 0.15) is 20.8 Å². The third kappa shape index (κ3) is 4.48. The second kappa shape index (κ2) is 4.83. The van der Waals surface area contributed by atoms with Crippen LogP contribution < -0.4 is 0 Å². The Bertz CT molecular complexity index is 190. The second-order valence-electron chi connectivity index (χ2n) is 2.62. The summed E-state index contributed by atoms with van der Waals surface area (Å²) in [6.45, 7) is 5.96. The van der Waals surface area contributed by atoms with Gasteiger partial charge in [-0.2, -0.15) is 4.39 Å². The van der Waals surface area contributed by atoms with Gasteiger partial charge in [0, 0.05) is 0 Å². The van der Waals surface area contributed by atoms with Gasteiger partial charge in [-0.3, -0.25) is 5.41 Å². The molecule has 1 N–H and O–H groups in total. The van der Waals surface area contributed by atoms with Crippen LogP contribution in [0.5, 0.6) is 0 Å². The van der Waals surface area contributed by atoms with Gasteiger partial charge in [-0.05, 0) is 24.5 Å². The fourth-order valence-corrected chi connectivity index (χ4v) is 0.791. The van der Waals surface area contributed by atoms with E-state index in [0.717, 1.165) is 11.6 Å². The Balaban J connectivity index is 4.22. The van der Waals surface area contributed by atoms with Crippen molar-refractivity contribution in [3.8, 4) is 0 Å². The molecule has 0 radical (unpaired) electrons. The zero-order valence-electron chi connectivity index (χ0n) is 7.19. The van der Waals surface area contributed by atoms with Crippen LogP contribution in [-0.2, 0) is 0 Å². The molecular formula is C9H14FN. The molecule has 0 aromatic rings. The maximum Gasteiger partial charge on any atom is 0.205 e. The van der Waals surface area contributed by atoms with E-state index >= 15 is 0 Å². The van der Waals surface area contributed by atoms with E-state index in [9.17, 15) is 4.39 Å². The first kappa shape index (κ1) is 10.1. The highest BCUT2D eigenvalue weighted by Crippen LogP contribution is 2.10. The summed E-state index contributed by atoms with van der Waals surface area (Å²) in [7, 11) is 0. The zero-order valence-corrected chi connectivity index (χ0v) is 7.19. The molecule has 0 rings (SSSR count). The minimum Gasteiger partial charge on any atom is -0.274 e. The van der Waals surface area contributed by atoms with Crippen molar-refractivity contribution in [2.45, 2.75) is 20.8 Å². The van der Waals surface area contributed by atoms with Crippen LogP contribution in [0.25, 0.3) is 0 Å². The molecule has 1 nitrogen and oxygen atoms in total. The Morgan fingerprint density at radius 2 is 1.91 bits per heavy atom. The van der Waals surface area contributed by atoms with Crippen molar-refractivity contribution in [1.29, 1.82) is 5.41 Å². The van der Waals surface area contributed by atoms with Crippen LogP contribution in [0.4, 0.5) is 4.39 Å². The van der Waals surface area contributed by atoms with Gasteiger partial charge in [0.15, 0.2) is 0 Å². The van der Waals surface area contributed by atoms with Crippen molar-refractivity contribution in [1.82, 2.24) is 0 Å². The number of nitrogens with one attached hydrogen (secondary N) is 1. The lowest BCUT2D eigenvalue weighted by molar-refractivity contribution is 0.785. The molecule has 0 heterocycles. The SMILES string of the molecule is C/C=C(\C=C/C(=N)F)C(C)C. The summed E-state index contributed by atoms with van der Waals surface area (Å²) in [4.78, 5) is 0. The van der Waals surface area contributed by atoms with E-state index in [1.807, 2.05) is 26.8 Å². The number of rotatable bonds is 3. The molecule has 0 aliphatic carbocycles. The summed E-state index contributed by atoms with van der Waals surface area (Å²) in [5.74, 6) is -0.513. The van der Waals surface area contributed by atoms with Gasteiger partial charge in [-0.1, -0.05) is 26.0 Å². The topological polar surface area (TPSA) is 23.9 Å². The quantitative estimate of drug-likeness (QED) is 0.478. The fraction of sp³-hybridized carbons (Fsp3) is 0.444. The third-order valence-electron chi connectivity index (χ3n) is 1.42. The van der Waals surface area contributed by atoms with Crippen LogP contribution >= 0.6 is 0 Å². The van der Waals surface area contributed by atoms with E-state index in [1.165, 1.54) is 0 Å². The molecule has 11 heavy (non-hydrogen) atoms. The second-order valence-corrected chi connectivity index (χ2v) is 2.62. The number of halogens is 1. The van der Waals surface area contributed by atoms with Crippen molar-refractivity contribution in [2.75, 3.05) is 0 Å². The van der Waals surface area contributed by atoms with E-state index < -0.39 is 5.97 Å². The van der Waals surface area contributed by atoms with Gasteiger partial charge in [0.25, 0.3) is 0 Å². The summed E-state index contributed by atoms with van der Waals surface area (Å²) >= 11 is 0.